The molecular weight excluding hydrogens is 236 g/mol. The van der Waals surface area contributed by atoms with Crippen LogP contribution < -0.4 is 0 Å². The summed E-state index contributed by atoms with van der Waals surface area (Å²) in [7, 11) is 0. The molecule has 0 radical (unpaired) electrons. The summed E-state index contributed by atoms with van der Waals surface area (Å²) >= 11 is 0. The lowest BCUT2D eigenvalue weighted by atomic mass is 9.88. The average Bonchev–Trinajstić information content (AvgIpc) is 2.55. The molecule has 0 bridgehead atoms. The Morgan fingerprint density at radius 1 is 1.22 bits per heavy atom. The maximum absolute atomic E-state index is 13.6. The van der Waals surface area contributed by atoms with Gasteiger partial charge in [-0.1, -0.05) is 0 Å². The predicted octanol–water partition coefficient (Wildman–Crippen LogP) is 3.07. The van der Waals surface area contributed by atoms with Gasteiger partial charge in [0.1, 0.15) is 0 Å². The first-order valence-corrected chi connectivity index (χ1v) is 6.95. The van der Waals surface area contributed by atoms with Gasteiger partial charge in [0.05, 0.1) is 17.6 Å². The summed E-state index contributed by atoms with van der Waals surface area (Å²) in [5.41, 5.74) is -1.01. The Hall–Kier alpha value is -0.220. The van der Waals surface area contributed by atoms with E-state index in [1.54, 1.807) is 0 Å². The first-order chi connectivity index (χ1) is 8.18. The van der Waals surface area contributed by atoms with Crippen LogP contribution in [0, 0.1) is 5.41 Å². The van der Waals surface area contributed by atoms with Crippen molar-refractivity contribution in [2.24, 2.45) is 5.41 Å². The van der Waals surface area contributed by atoms with Crippen molar-refractivity contribution in [2.45, 2.75) is 63.5 Å². The second kappa shape index (κ2) is 3.45. The van der Waals surface area contributed by atoms with Gasteiger partial charge in [0, 0.05) is 18.5 Å². The number of halogens is 2. The van der Waals surface area contributed by atoms with Crippen molar-refractivity contribution in [2.75, 3.05) is 19.7 Å². The minimum absolute atomic E-state index is 0.0910. The van der Waals surface area contributed by atoms with E-state index in [1.165, 1.54) is 0 Å². The Balaban J connectivity index is 1.74. The fraction of sp³-hybridized carbons (Fsp3) is 1.00. The third-order valence-electron chi connectivity index (χ3n) is 4.89. The molecule has 2 nitrogen and oxygen atoms in total. The number of nitrogens with zero attached hydrogens (tertiary/aromatic N) is 1. The minimum Gasteiger partial charge on any atom is -0.374 e. The lowest BCUT2D eigenvalue weighted by Gasteiger charge is -2.34. The highest BCUT2D eigenvalue weighted by Crippen LogP contribution is 2.69. The van der Waals surface area contributed by atoms with Gasteiger partial charge in [-0.25, -0.2) is 8.78 Å². The van der Waals surface area contributed by atoms with Crippen LogP contribution in [0.5, 0.6) is 0 Å². The predicted molar refractivity (Wildman–Crippen MR) is 65.9 cm³/mol. The molecular formula is C14H23F2NO. The fourth-order valence-electron chi connectivity index (χ4n) is 3.80. The summed E-state index contributed by atoms with van der Waals surface area (Å²) < 4.78 is 33.1. The van der Waals surface area contributed by atoms with E-state index in [0.717, 1.165) is 19.4 Å². The van der Waals surface area contributed by atoms with E-state index >= 15 is 0 Å². The van der Waals surface area contributed by atoms with Gasteiger partial charge in [0.15, 0.2) is 0 Å². The molecule has 1 aliphatic carbocycles. The molecule has 0 aromatic rings. The number of hydrogen-bond acceptors (Lipinski definition) is 2. The van der Waals surface area contributed by atoms with Crippen molar-refractivity contribution < 1.29 is 13.5 Å². The van der Waals surface area contributed by atoms with Crippen LogP contribution >= 0.6 is 0 Å². The molecule has 2 heterocycles. The van der Waals surface area contributed by atoms with Crippen LogP contribution in [0.2, 0.25) is 0 Å². The third kappa shape index (κ3) is 1.80. The van der Waals surface area contributed by atoms with Gasteiger partial charge in [-0.3, -0.25) is 4.90 Å². The molecule has 3 rings (SSSR count). The first-order valence-electron chi connectivity index (χ1n) is 6.95. The van der Waals surface area contributed by atoms with E-state index in [1.807, 2.05) is 20.8 Å². The summed E-state index contributed by atoms with van der Waals surface area (Å²) in [5, 5.41) is 0. The van der Waals surface area contributed by atoms with E-state index in [0.29, 0.717) is 19.6 Å². The number of hydrogen-bond donors (Lipinski definition) is 0. The van der Waals surface area contributed by atoms with Crippen LogP contribution in [-0.4, -0.2) is 41.7 Å². The summed E-state index contributed by atoms with van der Waals surface area (Å²) in [6.07, 6.45) is 2.85. The van der Waals surface area contributed by atoms with E-state index < -0.39 is 11.3 Å². The number of alkyl halides is 2. The van der Waals surface area contributed by atoms with E-state index in [-0.39, 0.29) is 17.6 Å². The highest BCUT2D eigenvalue weighted by atomic mass is 19.3. The van der Waals surface area contributed by atoms with Crippen molar-refractivity contribution in [1.29, 1.82) is 0 Å². The standard InChI is InChI=1S/C14H23F2NO/c1-11(2,3)18-10-13-5-4-6-17(13)9-12(7-13)8-14(12,15)16/h4-10H2,1-3H3/t12-,13+/m0/s1. The summed E-state index contributed by atoms with van der Waals surface area (Å²) in [4.78, 5) is 2.28. The van der Waals surface area contributed by atoms with Crippen LogP contribution in [0.3, 0.4) is 0 Å². The summed E-state index contributed by atoms with van der Waals surface area (Å²) in [5.74, 6) is -2.42. The van der Waals surface area contributed by atoms with Crippen molar-refractivity contribution in [3.05, 3.63) is 0 Å². The number of rotatable bonds is 2. The van der Waals surface area contributed by atoms with E-state index in [4.69, 9.17) is 4.74 Å². The Morgan fingerprint density at radius 2 is 1.89 bits per heavy atom. The molecule has 4 heteroatoms. The lowest BCUT2D eigenvalue weighted by molar-refractivity contribution is -0.0529. The summed E-state index contributed by atoms with van der Waals surface area (Å²) in [6.45, 7) is 8.23. The molecule has 3 aliphatic rings. The summed E-state index contributed by atoms with van der Waals surface area (Å²) in [6, 6.07) is 0. The normalized spacial score (nSPS) is 42.5. The maximum atomic E-state index is 13.6. The molecule has 1 saturated carbocycles. The van der Waals surface area contributed by atoms with Gasteiger partial charge < -0.3 is 4.74 Å². The molecule has 2 saturated heterocycles. The Morgan fingerprint density at radius 3 is 2.44 bits per heavy atom. The van der Waals surface area contributed by atoms with Crippen molar-refractivity contribution in [3.8, 4) is 0 Å². The molecule has 2 aliphatic heterocycles. The largest absolute Gasteiger partial charge is 0.374 e. The molecule has 3 fully saturated rings. The molecule has 0 N–H and O–H groups in total. The Bertz CT molecular complexity index is 365. The lowest BCUT2D eigenvalue weighted by Crippen LogP contribution is -2.44. The van der Waals surface area contributed by atoms with Gasteiger partial charge in [-0.15, -0.1) is 0 Å². The zero-order valence-electron chi connectivity index (χ0n) is 11.6. The SMILES string of the molecule is CC(C)(C)OC[C@]12CCCN1C[C@@]1(CC1(F)F)C2. The first kappa shape index (κ1) is 12.8. The zero-order chi connectivity index (χ0) is 13.2. The molecule has 0 amide bonds. The third-order valence-corrected chi connectivity index (χ3v) is 4.89. The average molecular weight is 259 g/mol. The Kier molecular flexibility index (Phi) is 2.46. The molecule has 0 aromatic heterocycles. The van der Waals surface area contributed by atoms with Crippen molar-refractivity contribution in [3.63, 3.8) is 0 Å². The minimum atomic E-state index is -2.42. The molecule has 1 spiro atoms. The van der Waals surface area contributed by atoms with Crippen LogP contribution in [0.1, 0.15) is 46.5 Å². The van der Waals surface area contributed by atoms with Gasteiger partial charge in [0.25, 0.3) is 5.92 Å². The fourth-order valence-corrected chi connectivity index (χ4v) is 3.80. The van der Waals surface area contributed by atoms with Gasteiger partial charge >= 0.3 is 0 Å². The second-order valence-corrected chi connectivity index (χ2v) is 7.49. The molecule has 0 aromatic carbocycles. The molecule has 104 valence electrons. The molecule has 0 unspecified atom stereocenters. The second-order valence-electron chi connectivity index (χ2n) is 7.49. The van der Waals surface area contributed by atoms with Gasteiger partial charge in [-0.05, 0) is 46.6 Å². The topological polar surface area (TPSA) is 12.5 Å². The van der Waals surface area contributed by atoms with Crippen molar-refractivity contribution in [1.82, 2.24) is 4.90 Å². The molecule has 2 atom stereocenters. The van der Waals surface area contributed by atoms with E-state index in [9.17, 15) is 8.78 Å². The van der Waals surface area contributed by atoms with Crippen LogP contribution in [0.25, 0.3) is 0 Å². The smallest absolute Gasteiger partial charge is 0.255 e. The number of ether oxygens (including phenoxy) is 1. The highest BCUT2D eigenvalue weighted by molar-refractivity contribution is 5.22. The monoisotopic (exact) mass is 259 g/mol. The van der Waals surface area contributed by atoms with Crippen LogP contribution in [-0.2, 0) is 4.74 Å². The van der Waals surface area contributed by atoms with Crippen LogP contribution in [0.15, 0.2) is 0 Å². The van der Waals surface area contributed by atoms with Gasteiger partial charge in [-0.2, -0.15) is 0 Å². The molecule has 18 heavy (non-hydrogen) atoms. The van der Waals surface area contributed by atoms with Gasteiger partial charge in [0.2, 0.25) is 0 Å². The Labute approximate surface area is 108 Å². The van der Waals surface area contributed by atoms with E-state index in [2.05, 4.69) is 4.90 Å². The number of fused-ring (bicyclic) bond motifs is 1. The highest BCUT2D eigenvalue weighted by Gasteiger charge is 2.77. The van der Waals surface area contributed by atoms with Crippen LogP contribution in [0.4, 0.5) is 8.78 Å². The zero-order valence-corrected chi connectivity index (χ0v) is 11.6. The quantitative estimate of drug-likeness (QED) is 0.755. The maximum Gasteiger partial charge on any atom is 0.255 e. The van der Waals surface area contributed by atoms with Crippen molar-refractivity contribution >= 4 is 0 Å².